The molecule has 4 heteroatoms. The molecule has 0 aliphatic carbocycles. The summed E-state index contributed by atoms with van der Waals surface area (Å²) in [6.07, 6.45) is 0. The third kappa shape index (κ3) is 6.05. The van der Waals surface area contributed by atoms with Crippen molar-refractivity contribution in [3.05, 3.63) is 82.9 Å². The van der Waals surface area contributed by atoms with Crippen molar-refractivity contribution in [2.45, 2.75) is 53.2 Å². The molecular formula is C25H30O4. The number of rotatable bonds is 8. The van der Waals surface area contributed by atoms with Crippen LogP contribution in [0.4, 0.5) is 0 Å². The lowest BCUT2D eigenvalue weighted by molar-refractivity contribution is -0.148. The number of carbonyl (C=O) groups is 2. The van der Waals surface area contributed by atoms with Gasteiger partial charge in [-0.05, 0) is 29.2 Å². The van der Waals surface area contributed by atoms with Crippen molar-refractivity contribution in [3.63, 3.8) is 0 Å². The molecule has 0 unspecified atom stereocenters. The first kappa shape index (κ1) is 22.4. The number of carbonyl (C=O) groups excluding carboxylic acids is 2. The van der Waals surface area contributed by atoms with Crippen LogP contribution >= 0.6 is 0 Å². The predicted octanol–water partition coefficient (Wildman–Crippen LogP) is 5.33. The molecule has 2 aromatic rings. The highest BCUT2D eigenvalue weighted by molar-refractivity contribution is 5.86. The molecule has 2 rings (SSSR count). The minimum atomic E-state index is -0.381. The molecule has 0 bridgehead atoms. The van der Waals surface area contributed by atoms with E-state index >= 15 is 0 Å². The summed E-state index contributed by atoms with van der Waals surface area (Å²) in [6.45, 7) is 13.7. The van der Waals surface area contributed by atoms with Gasteiger partial charge in [-0.25, -0.2) is 4.79 Å². The first-order valence-corrected chi connectivity index (χ1v) is 9.79. The minimum Gasteiger partial charge on any atom is -0.461 e. The van der Waals surface area contributed by atoms with Crippen molar-refractivity contribution in [2.75, 3.05) is 0 Å². The molecule has 2 aromatic carbocycles. The van der Waals surface area contributed by atoms with Crippen molar-refractivity contribution in [2.24, 2.45) is 5.92 Å². The topological polar surface area (TPSA) is 52.6 Å². The third-order valence-corrected chi connectivity index (χ3v) is 4.92. The average molecular weight is 395 g/mol. The number of hydrogen-bond donors (Lipinski definition) is 0. The Bertz CT molecular complexity index is 859. The van der Waals surface area contributed by atoms with Crippen LogP contribution in [-0.2, 0) is 37.7 Å². The molecular weight excluding hydrogens is 364 g/mol. The average Bonchev–Trinajstić information content (AvgIpc) is 2.70. The lowest BCUT2D eigenvalue weighted by Crippen LogP contribution is -2.19. The van der Waals surface area contributed by atoms with Gasteiger partial charge in [-0.1, -0.05) is 82.8 Å². The van der Waals surface area contributed by atoms with Gasteiger partial charge in [0.05, 0.1) is 5.92 Å². The Morgan fingerprint density at radius 1 is 0.862 bits per heavy atom. The monoisotopic (exact) mass is 394 g/mol. The molecule has 0 aliphatic heterocycles. The third-order valence-electron chi connectivity index (χ3n) is 4.92. The van der Waals surface area contributed by atoms with E-state index in [4.69, 9.17) is 9.47 Å². The Morgan fingerprint density at radius 3 is 1.66 bits per heavy atom. The molecule has 4 nitrogen and oxygen atoms in total. The second-order valence-corrected chi connectivity index (χ2v) is 8.14. The second kappa shape index (κ2) is 9.55. The zero-order valence-corrected chi connectivity index (χ0v) is 18.0. The van der Waals surface area contributed by atoms with Gasteiger partial charge in [0.15, 0.2) is 0 Å². The fraction of sp³-hybridized carbons (Fsp3) is 0.360. The van der Waals surface area contributed by atoms with E-state index in [2.05, 4.69) is 44.7 Å². The first-order valence-electron chi connectivity index (χ1n) is 9.79. The van der Waals surface area contributed by atoms with Crippen LogP contribution in [0, 0.1) is 5.92 Å². The molecule has 0 saturated carbocycles. The van der Waals surface area contributed by atoms with Crippen molar-refractivity contribution in [3.8, 4) is 0 Å². The van der Waals surface area contributed by atoms with Gasteiger partial charge in [0.1, 0.15) is 13.2 Å². The molecule has 0 atom stereocenters. The van der Waals surface area contributed by atoms with Crippen LogP contribution in [0.3, 0.4) is 0 Å². The first-order chi connectivity index (χ1) is 13.6. The Kier molecular flexibility index (Phi) is 7.38. The summed E-state index contributed by atoms with van der Waals surface area (Å²) >= 11 is 0. The summed E-state index contributed by atoms with van der Waals surface area (Å²) in [6, 6.07) is 16.2. The van der Waals surface area contributed by atoms with Gasteiger partial charge < -0.3 is 9.47 Å². The Hall–Kier alpha value is -2.88. The van der Waals surface area contributed by atoms with E-state index in [-0.39, 0.29) is 36.5 Å². The van der Waals surface area contributed by atoms with Gasteiger partial charge in [-0.15, -0.1) is 0 Å². The van der Waals surface area contributed by atoms with E-state index in [9.17, 15) is 9.59 Å². The fourth-order valence-electron chi connectivity index (χ4n) is 2.80. The van der Waals surface area contributed by atoms with Gasteiger partial charge in [-0.2, -0.15) is 0 Å². The number of benzene rings is 2. The van der Waals surface area contributed by atoms with Crippen LogP contribution in [0.1, 0.15) is 56.9 Å². The highest BCUT2D eigenvalue weighted by Gasteiger charge is 2.23. The minimum absolute atomic E-state index is 0.125. The van der Waals surface area contributed by atoms with Gasteiger partial charge in [0.2, 0.25) is 0 Å². The smallest absolute Gasteiger partial charge is 0.333 e. The SMILES string of the molecule is C=C(C)C(=O)OCc1ccc(C(C)(C)c2ccc(COC(=O)C(C)C)cc2)cc1. The molecule has 0 fully saturated rings. The zero-order valence-electron chi connectivity index (χ0n) is 18.0. The van der Waals surface area contributed by atoms with Crippen LogP contribution in [0.25, 0.3) is 0 Å². The Labute approximate surface area is 173 Å². The second-order valence-electron chi connectivity index (χ2n) is 8.14. The number of ether oxygens (including phenoxy) is 2. The molecule has 0 aliphatic rings. The van der Waals surface area contributed by atoms with Crippen molar-refractivity contribution in [1.82, 2.24) is 0 Å². The standard InChI is InChI=1S/C25H30O4/c1-17(2)23(26)28-15-19-7-11-21(12-8-19)25(5,6)22-13-9-20(10-14-22)16-29-24(27)18(3)4/h7-14,18H,1,15-16H2,2-6H3. The van der Waals surface area contributed by atoms with Crippen LogP contribution in [0.5, 0.6) is 0 Å². The molecule has 0 radical (unpaired) electrons. The molecule has 0 amide bonds. The summed E-state index contributed by atoms with van der Waals surface area (Å²) in [5.74, 6) is -0.697. The zero-order chi connectivity index (χ0) is 21.6. The maximum absolute atomic E-state index is 11.6. The highest BCUT2D eigenvalue weighted by Crippen LogP contribution is 2.32. The molecule has 0 heterocycles. The van der Waals surface area contributed by atoms with Crippen LogP contribution in [0.2, 0.25) is 0 Å². The van der Waals surface area contributed by atoms with E-state index in [0.29, 0.717) is 5.57 Å². The van der Waals surface area contributed by atoms with Crippen molar-refractivity contribution < 1.29 is 19.1 Å². The maximum atomic E-state index is 11.6. The van der Waals surface area contributed by atoms with E-state index in [1.165, 1.54) is 0 Å². The highest BCUT2D eigenvalue weighted by atomic mass is 16.5. The van der Waals surface area contributed by atoms with Crippen LogP contribution < -0.4 is 0 Å². The maximum Gasteiger partial charge on any atom is 0.333 e. The Balaban J connectivity index is 2.04. The van der Waals surface area contributed by atoms with Gasteiger partial charge >= 0.3 is 11.9 Å². The molecule has 0 spiro atoms. The quantitative estimate of drug-likeness (QED) is 0.448. The van der Waals surface area contributed by atoms with E-state index < -0.39 is 0 Å². The summed E-state index contributed by atoms with van der Waals surface area (Å²) in [4.78, 5) is 23.1. The van der Waals surface area contributed by atoms with Gasteiger partial charge in [0.25, 0.3) is 0 Å². The molecule has 154 valence electrons. The van der Waals surface area contributed by atoms with Gasteiger partial charge in [0, 0.05) is 11.0 Å². The number of hydrogen-bond acceptors (Lipinski definition) is 4. The van der Waals surface area contributed by atoms with Crippen molar-refractivity contribution >= 4 is 11.9 Å². The molecule has 0 aromatic heterocycles. The van der Waals surface area contributed by atoms with Crippen LogP contribution in [0.15, 0.2) is 60.7 Å². The van der Waals surface area contributed by atoms with E-state index in [1.807, 2.05) is 38.1 Å². The largest absolute Gasteiger partial charge is 0.461 e. The normalized spacial score (nSPS) is 11.2. The molecule has 29 heavy (non-hydrogen) atoms. The van der Waals surface area contributed by atoms with E-state index in [1.54, 1.807) is 6.92 Å². The van der Waals surface area contributed by atoms with Gasteiger partial charge in [-0.3, -0.25) is 4.79 Å². The van der Waals surface area contributed by atoms with E-state index in [0.717, 1.165) is 22.3 Å². The molecule has 0 N–H and O–H groups in total. The summed E-state index contributed by atoms with van der Waals surface area (Å²) in [7, 11) is 0. The van der Waals surface area contributed by atoms with Crippen LogP contribution in [-0.4, -0.2) is 11.9 Å². The molecule has 0 saturated heterocycles. The fourth-order valence-corrected chi connectivity index (χ4v) is 2.80. The lowest BCUT2D eigenvalue weighted by Gasteiger charge is -2.26. The summed E-state index contributed by atoms with van der Waals surface area (Å²) in [5, 5.41) is 0. The number of esters is 2. The Morgan fingerprint density at radius 2 is 1.28 bits per heavy atom. The van der Waals surface area contributed by atoms with Crippen molar-refractivity contribution in [1.29, 1.82) is 0 Å². The lowest BCUT2D eigenvalue weighted by atomic mass is 9.78. The summed E-state index contributed by atoms with van der Waals surface area (Å²) < 4.78 is 10.5. The summed E-state index contributed by atoms with van der Waals surface area (Å²) in [5.41, 5.74) is 4.42. The predicted molar refractivity (Wildman–Crippen MR) is 114 cm³/mol.